The number of nitrogens with one attached hydrogen (secondary N) is 2. The zero-order valence-electron chi connectivity index (χ0n) is 19.9. The summed E-state index contributed by atoms with van der Waals surface area (Å²) in [6.07, 6.45) is 4.33. The number of carbonyl (C=O) groups is 3. The lowest BCUT2D eigenvalue weighted by molar-refractivity contribution is -0.136. The van der Waals surface area contributed by atoms with Gasteiger partial charge < -0.3 is 14.6 Å². The number of aromatic nitrogens is 2. The molecule has 0 aliphatic carbocycles. The molecule has 9 nitrogen and oxygen atoms in total. The molecule has 9 heteroatoms. The lowest BCUT2D eigenvalue weighted by Crippen LogP contribution is -2.52. The summed E-state index contributed by atoms with van der Waals surface area (Å²) in [7, 11) is 0. The van der Waals surface area contributed by atoms with Gasteiger partial charge in [0, 0.05) is 35.1 Å². The third-order valence-electron chi connectivity index (χ3n) is 8.44. The Kier molecular flexibility index (Phi) is 4.73. The van der Waals surface area contributed by atoms with Gasteiger partial charge in [-0.15, -0.1) is 0 Å². The van der Waals surface area contributed by atoms with Crippen molar-refractivity contribution in [1.29, 1.82) is 0 Å². The normalized spacial score (nSPS) is 23.2. The average Bonchev–Trinajstić information content (AvgIpc) is 3.57. The van der Waals surface area contributed by atoms with E-state index in [2.05, 4.69) is 44.5 Å². The summed E-state index contributed by atoms with van der Waals surface area (Å²) in [6.45, 7) is 3.81. The molecule has 5 heterocycles. The first-order valence-electron chi connectivity index (χ1n) is 12.6. The number of hydrogen-bond acceptors (Lipinski definition) is 6. The van der Waals surface area contributed by atoms with Gasteiger partial charge in [0.25, 0.3) is 5.91 Å². The highest BCUT2D eigenvalue weighted by atomic mass is 16.5. The predicted molar refractivity (Wildman–Crippen MR) is 130 cm³/mol. The third-order valence-corrected chi connectivity index (χ3v) is 8.44. The van der Waals surface area contributed by atoms with Gasteiger partial charge in [0.15, 0.2) is 0 Å². The number of fused-ring (bicyclic) bond motifs is 5. The molecule has 4 aliphatic heterocycles. The van der Waals surface area contributed by atoms with Crippen LogP contribution in [-0.4, -0.2) is 63.2 Å². The highest BCUT2D eigenvalue weighted by molar-refractivity contribution is 6.05. The molecule has 7 rings (SSSR count). The number of imide groups is 1. The Labute approximate surface area is 207 Å². The molecule has 2 saturated heterocycles. The molecule has 1 unspecified atom stereocenters. The molecule has 36 heavy (non-hydrogen) atoms. The van der Waals surface area contributed by atoms with Gasteiger partial charge in [-0.3, -0.25) is 24.6 Å². The third kappa shape index (κ3) is 3.26. The average molecular weight is 486 g/mol. The predicted octanol–water partition coefficient (Wildman–Crippen LogP) is 2.25. The zero-order valence-corrected chi connectivity index (χ0v) is 19.9. The van der Waals surface area contributed by atoms with Gasteiger partial charge in [-0.05, 0) is 56.1 Å². The van der Waals surface area contributed by atoms with E-state index in [9.17, 15) is 14.4 Å². The van der Waals surface area contributed by atoms with E-state index in [1.54, 1.807) is 11.2 Å². The number of ether oxygens (including phenoxy) is 1. The number of piperidine rings is 2. The van der Waals surface area contributed by atoms with Crippen LogP contribution in [0.4, 0.5) is 0 Å². The molecule has 184 valence electrons. The van der Waals surface area contributed by atoms with Crippen molar-refractivity contribution in [3.05, 3.63) is 58.9 Å². The Hall–Kier alpha value is -3.72. The maximum absolute atomic E-state index is 13.2. The van der Waals surface area contributed by atoms with E-state index in [-0.39, 0.29) is 29.6 Å². The molecule has 0 saturated carbocycles. The lowest BCUT2D eigenvalue weighted by Gasteiger charge is -2.38. The Morgan fingerprint density at radius 2 is 1.97 bits per heavy atom. The molecule has 1 atom stereocenters. The standard InChI is InChI=1S/C27H27N5O4/c33-23-6-5-22(25(34)30-23)32-13-18-17(26(32)35)2-3-19-24(18)36-14-27(19)7-9-31(10-8-27)12-16-1-4-20-21(11-16)29-15-28-20/h1-4,11,15,22H,5-10,12-14H2,(H,28,29)(H,30,33,34). The number of H-pyrrole nitrogens is 1. The molecule has 0 radical (unpaired) electrons. The minimum atomic E-state index is -0.613. The van der Waals surface area contributed by atoms with E-state index in [0.717, 1.165) is 54.8 Å². The molecule has 2 fully saturated rings. The van der Waals surface area contributed by atoms with Crippen molar-refractivity contribution in [1.82, 2.24) is 25.1 Å². The van der Waals surface area contributed by atoms with Crippen molar-refractivity contribution in [3.63, 3.8) is 0 Å². The maximum atomic E-state index is 13.2. The second-order valence-electron chi connectivity index (χ2n) is 10.5. The van der Waals surface area contributed by atoms with Crippen LogP contribution in [0.5, 0.6) is 5.75 Å². The van der Waals surface area contributed by atoms with Gasteiger partial charge >= 0.3 is 0 Å². The molecule has 1 spiro atoms. The fourth-order valence-corrected chi connectivity index (χ4v) is 6.37. The van der Waals surface area contributed by atoms with Crippen molar-refractivity contribution in [2.24, 2.45) is 0 Å². The second kappa shape index (κ2) is 7.89. The van der Waals surface area contributed by atoms with E-state index >= 15 is 0 Å². The van der Waals surface area contributed by atoms with Gasteiger partial charge in [-0.25, -0.2) is 4.98 Å². The van der Waals surface area contributed by atoms with E-state index in [0.29, 0.717) is 25.1 Å². The van der Waals surface area contributed by atoms with E-state index in [1.165, 1.54) is 11.1 Å². The Bertz CT molecular complexity index is 1420. The van der Waals surface area contributed by atoms with Gasteiger partial charge in [0.05, 0.1) is 30.5 Å². The largest absolute Gasteiger partial charge is 0.492 e. The lowest BCUT2D eigenvalue weighted by atomic mass is 9.74. The van der Waals surface area contributed by atoms with Crippen molar-refractivity contribution in [2.45, 2.75) is 50.2 Å². The van der Waals surface area contributed by atoms with Crippen LogP contribution in [0.3, 0.4) is 0 Å². The molecular formula is C27H27N5O4. The van der Waals surface area contributed by atoms with E-state index in [1.807, 2.05) is 6.07 Å². The van der Waals surface area contributed by atoms with Gasteiger partial charge in [0.1, 0.15) is 11.8 Å². The summed E-state index contributed by atoms with van der Waals surface area (Å²) in [6, 6.07) is 9.76. The summed E-state index contributed by atoms with van der Waals surface area (Å²) < 4.78 is 6.29. The zero-order chi connectivity index (χ0) is 24.4. The summed E-state index contributed by atoms with van der Waals surface area (Å²) >= 11 is 0. The highest BCUT2D eigenvalue weighted by Gasteiger charge is 2.47. The highest BCUT2D eigenvalue weighted by Crippen LogP contribution is 2.49. The topological polar surface area (TPSA) is 108 Å². The molecule has 1 aromatic heterocycles. The fourth-order valence-electron chi connectivity index (χ4n) is 6.37. The molecule has 2 aromatic carbocycles. The first-order valence-corrected chi connectivity index (χ1v) is 12.6. The van der Waals surface area contributed by atoms with Crippen LogP contribution in [0.1, 0.15) is 52.7 Å². The monoisotopic (exact) mass is 485 g/mol. The first kappa shape index (κ1) is 21.6. The van der Waals surface area contributed by atoms with Crippen LogP contribution in [0.15, 0.2) is 36.7 Å². The van der Waals surface area contributed by atoms with E-state index in [4.69, 9.17) is 4.74 Å². The van der Waals surface area contributed by atoms with E-state index < -0.39 is 6.04 Å². The molecule has 0 bridgehead atoms. The van der Waals surface area contributed by atoms with Crippen LogP contribution in [0, 0.1) is 0 Å². The number of benzene rings is 2. The van der Waals surface area contributed by atoms with Gasteiger partial charge in [-0.1, -0.05) is 12.1 Å². The minimum Gasteiger partial charge on any atom is -0.492 e. The Balaban J connectivity index is 1.08. The first-order chi connectivity index (χ1) is 17.5. The van der Waals surface area contributed by atoms with Crippen LogP contribution in [0.25, 0.3) is 11.0 Å². The van der Waals surface area contributed by atoms with Crippen LogP contribution >= 0.6 is 0 Å². The number of likely N-dealkylation sites (tertiary alicyclic amines) is 1. The number of hydrogen-bond donors (Lipinski definition) is 2. The quantitative estimate of drug-likeness (QED) is 0.551. The van der Waals surface area contributed by atoms with Crippen LogP contribution in [0.2, 0.25) is 0 Å². The number of imidazole rings is 1. The summed E-state index contributed by atoms with van der Waals surface area (Å²) in [5.41, 5.74) is 5.95. The minimum absolute atomic E-state index is 0.0435. The number of carbonyl (C=O) groups excluding carboxylic acids is 3. The molecule has 4 aliphatic rings. The molecule has 2 N–H and O–H groups in total. The number of rotatable bonds is 3. The maximum Gasteiger partial charge on any atom is 0.255 e. The van der Waals surface area contributed by atoms with Crippen LogP contribution < -0.4 is 10.1 Å². The number of aromatic amines is 1. The summed E-state index contributed by atoms with van der Waals surface area (Å²) in [5, 5.41) is 2.37. The van der Waals surface area contributed by atoms with Gasteiger partial charge in [-0.2, -0.15) is 0 Å². The summed E-state index contributed by atoms with van der Waals surface area (Å²) in [4.78, 5) is 48.7. The van der Waals surface area contributed by atoms with Crippen molar-refractivity contribution in [3.8, 4) is 5.75 Å². The Morgan fingerprint density at radius 3 is 2.81 bits per heavy atom. The van der Waals surface area contributed by atoms with Crippen molar-refractivity contribution < 1.29 is 19.1 Å². The summed E-state index contributed by atoms with van der Waals surface area (Å²) in [5.74, 6) is 0.00322. The second-order valence-corrected chi connectivity index (χ2v) is 10.5. The fraction of sp³-hybridized carbons (Fsp3) is 0.407. The van der Waals surface area contributed by atoms with Gasteiger partial charge in [0.2, 0.25) is 11.8 Å². The van der Waals surface area contributed by atoms with Crippen molar-refractivity contribution in [2.75, 3.05) is 19.7 Å². The molecule has 3 amide bonds. The smallest absolute Gasteiger partial charge is 0.255 e. The van der Waals surface area contributed by atoms with Crippen LogP contribution in [-0.2, 0) is 28.1 Å². The number of nitrogens with zero attached hydrogens (tertiary/aromatic N) is 3. The molecular weight excluding hydrogens is 458 g/mol. The molecule has 3 aromatic rings. The van der Waals surface area contributed by atoms with Crippen molar-refractivity contribution >= 4 is 28.8 Å². The number of amides is 3. The SMILES string of the molecule is O=C1CCC(N2Cc3c(ccc4c3OCC43CCN(Cc4ccc5[nH]cnc5c4)CC3)C2=O)C(=O)N1. The Morgan fingerprint density at radius 1 is 1.11 bits per heavy atom.